The van der Waals surface area contributed by atoms with Crippen LogP contribution in [0.4, 0.5) is 0 Å². The Bertz CT molecular complexity index is 1860. The summed E-state index contributed by atoms with van der Waals surface area (Å²) in [6, 6.07) is 50.8. The zero-order chi connectivity index (χ0) is 28.5. The first-order valence-electron chi connectivity index (χ1n) is 14.0. The predicted molar refractivity (Wildman–Crippen MR) is 167 cm³/mol. The first kappa shape index (κ1) is 25.6. The maximum Gasteiger partial charge on any atom is 0.193 e. The fourth-order valence-corrected chi connectivity index (χ4v) is 6.25. The second kappa shape index (κ2) is 10.5. The molecule has 0 N–H and O–H groups in total. The molecule has 7 rings (SSSR count). The Balaban J connectivity index is 1.30. The van der Waals surface area contributed by atoms with Crippen molar-refractivity contribution in [2.75, 3.05) is 7.11 Å². The molecule has 42 heavy (non-hydrogen) atoms. The van der Waals surface area contributed by atoms with Crippen molar-refractivity contribution in [1.82, 2.24) is 0 Å². The maximum atomic E-state index is 13.2. The second-order valence-electron chi connectivity index (χ2n) is 10.4. The number of ketones is 1. The standard InChI is InChI=1S/C39H28O3/c1-41-31-23-21-27(22-24-31)38(40)28-11-9-15-32(25-28)42-33-16-10-14-30(26-33)39(29-12-3-2-4-13-29)36-19-7-5-17-34(36)35-18-6-8-20-37(35)39/h2-26H,1H3. The number of benzene rings is 6. The molecule has 1 aliphatic rings. The third-order valence-electron chi connectivity index (χ3n) is 8.11. The van der Waals surface area contributed by atoms with Gasteiger partial charge in [-0.3, -0.25) is 4.79 Å². The lowest BCUT2D eigenvalue weighted by Gasteiger charge is -2.34. The van der Waals surface area contributed by atoms with Crippen molar-refractivity contribution in [3.63, 3.8) is 0 Å². The third-order valence-corrected chi connectivity index (χ3v) is 8.11. The molecule has 0 heterocycles. The molecule has 0 spiro atoms. The molecule has 0 aromatic heterocycles. The number of fused-ring (bicyclic) bond motifs is 3. The van der Waals surface area contributed by atoms with Crippen LogP contribution in [0.15, 0.2) is 152 Å². The summed E-state index contributed by atoms with van der Waals surface area (Å²) in [6.45, 7) is 0. The van der Waals surface area contributed by atoms with Crippen molar-refractivity contribution in [1.29, 1.82) is 0 Å². The first-order chi connectivity index (χ1) is 20.7. The van der Waals surface area contributed by atoms with Gasteiger partial charge in [0.25, 0.3) is 0 Å². The van der Waals surface area contributed by atoms with Crippen molar-refractivity contribution in [2.24, 2.45) is 0 Å². The van der Waals surface area contributed by atoms with Gasteiger partial charge in [0.2, 0.25) is 0 Å². The molecule has 0 fully saturated rings. The van der Waals surface area contributed by atoms with E-state index in [1.165, 1.54) is 27.8 Å². The van der Waals surface area contributed by atoms with Crippen LogP contribution >= 0.6 is 0 Å². The van der Waals surface area contributed by atoms with E-state index in [1.807, 2.05) is 30.3 Å². The Kier molecular flexibility index (Phi) is 6.41. The maximum absolute atomic E-state index is 13.2. The molecule has 0 saturated carbocycles. The lowest BCUT2D eigenvalue weighted by Crippen LogP contribution is -2.28. The lowest BCUT2D eigenvalue weighted by atomic mass is 9.68. The quantitative estimate of drug-likeness (QED) is 0.188. The number of rotatable bonds is 7. The van der Waals surface area contributed by atoms with E-state index in [4.69, 9.17) is 9.47 Å². The third kappa shape index (κ3) is 4.18. The molecule has 0 amide bonds. The number of ether oxygens (including phenoxy) is 2. The van der Waals surface area contributed by atoms with Crippen molar-refractivity contribution in [3.8, 4) is 28.4 Å². The average Bonchev–Trinajstić information content (AvgIpc) is 3.36. The van der Waals surface area contributed by atoms with Gasteiger partial charge in [0.1, 0.15) is 17.2 Å². The molecule has 0 bridgehead atoms. The van der Waals surface area contributed by atoms with E-state index < -0.39 is 5.41 Å². The van der Waals surface area contributed by atoms with Gasteiger partial charge < -0.3 is 9.47 Å². The Morgan fingerprint density at radius 3 is 1.74 bits per heavy atom. The Labute approximate surface area is 245 Å². The van der Waals surface area contributed by atoms with E-state index in [1.54, 1.807) is 37.4 Å². The van der Waals surface area contributed by atoms with Gasteiger partial charge in [0.05, 0.1) is 12.5 Å². The molecule has 0 radical (unpaired) electrons. The highest BCUT2D eigenvalue weighted by atomic mass is 16.5. The topological polar surface area (TPSA) is 35.5 Å². The molecule has 3 nitrogen and oxygen atoms in total. The minimum absolute atomic E-state index is 0.0703. The summed E-state index contributed by atoms with van der Waals surface area (Å²) in [4.78, 5) is 13.2. The average molecular weight is 545 g/mol. The highest BCUT2D eigenvalue weighted by Crippen LogP contribution is 2.56. The Morgan fingerprint density at radius 1 is 0.500 bits per heavy atom. The summed E-state index contributed by atoms with van der Waals surface area (Å²) in [7, 11) is 1.61. The fraction of sp³-hybridized carbons (Fsp3) is 0.0513. The highest BCUT2D eigenvalue weighted by Gasteiger charge is 2.45. The number of carbonyl (C=O) groups is 1. The van der Waals surface area contributed by atoms with Crippen LogP contribution in [-0.4, -0.2) is 12.9 Å². The number of carbonyl (C=O) groups excluding carboxylic acids is 1. The van der Waals surface area contributed by atoms with Gasteiger partial charge in [-0.15, -0.1) is 0 Å². The van der Waals surface area contributed by atoms with Crippen LogP contribution < -0.4 is 9.47 Å². The Morgan fingerprint density at radius 2 is 1.07 bits per heavy atom. The SMILES string of the molecule is COc1ccc(C(=O)c2cccc(Oc3cccc(C4(c5ccccc5)c5ccccc5-c5ccccc54)c3)c2)cc1. The van der Waals surface area contributed by atoms with Gasteiger partial charge in [-0.2, -0.15) is 0 Å². The number of hydrogen-bond acceptors (Lipinski definition) is 3. The van der Waals surface area contributed by atoms with Crippen LogP contribution in [0.1, 0.15) is 38.2 Å². The predicted octanol–water partition coefficient (Wildman–Crippen LogP) is 9.08. The van der Waals surface area contributed by atoms with Gasteiger partial charge in [0.15, 0.2) is 5.78 Å². The first-order valence-corrected chi connectivity index (χ1v) is 14.0. The summed E-state index contributed by atoms with van der Waals surface area (Å²) >= 11 is 0. The van der Waals surface area contributed by atoms with E-state index >= 15 is 0 Å². The Hall–Kier alpha value is -5.41. The van der Waals surface area contributed by atoms with Crippen molar-refractivity contribution < 1.29 is 14.3 Å². The monoisotopic (exact) mass is 544 g/mol. The van der Waals surface area contributed by atoms with Gasteiger partial charge in [-0.25, -0.2) is 0 Å². The molecule has 202 valence electrons. The van der Waals surface area contributed by atoms with Gasteiger partial charge in [0, 0.05) is 11.1 Å². The van der Waals surface area contributed by atoms with Crippen molar-refractivity contribution >= 4 is 5.78 Å². The van der Waals surface area contributed by atoms with Gasteiger partial charge >= 0.3 is 0 Å². The molecule has 0 aliphatic heterocycles. The van der Waals surface area contributed by atoms with E-state index in [2.05, 4.69) is 91.0 Å². The summed E-state index contributed by atoms with van der Waals surface area (Å²) in [5, 5.41) is 0. The van der Waals surface area contributed by atoms with Crippen molar-refractivity contribution in [3.05, 3.63) is 185 Å². The molecule has 0 unspecified atom stereocenters. The van der Waals surface area contributed by atoms with Crippen LogP contribution in [0.5, 0.6) is 17.2 Å². The summed E-state index contributed by atoms with van der Waals surface area (Å²) in [5.41, 5.74) is 7.97. The smallest absolute Gasteiger partial charge is 0.193 e. The largest absolute Gasteiger partial charge is 0.497 e. The second-order valence-corrected chi connectivity index (χ2v) is 10.4. The number of methoxy groups -OCH3 is 1. The minimum atomic E-state index is -0.500. The van der Waals surface area contributed by atoms with Gasteiger partial charge in [-0.1, -0.05) is 103 Å². The molecule has 1 aliphatic carbocycles. The molecular formula is C39H28O3. The van der Waals surface area contributed by atoms with Crippen molar-refractivity contribution in [2.45, 2.75) is 5.41 Å². The summed E-state index contributed by atoms with van der Waals surface area (Å²) < 4.78 is 11.7. The van der Waals surface area contributed by atoms with Crippen LogP contribution in [0.3, 0.4) is 0 Å². The molecule has 3 heteroatoms. The number of hydrogen-bond donors (Lipinski definition) is 0. The summed E-state index contributed by atoms with van der Waals surface area (Å²) in [5.74, 6) is 1.95. The zero-order valence-electron chi connectivity index (χ0n) is 23.2. The molecular weight excluding hydrogens is 516 g/mol. The molecule has 0 saturated heterocycles. The van der Waals surface area contributed by atoms with E-state index in [0.29, 0.717) is 28.4 Å². The molecule has 6 aromatic rings. The van der Waals surface area contributed by atoms with Crippen LogP contribution in [0, 0.1) is 0 Å². The summed E-state index contributed by atoms with van der Waals surface area (Å²) in [6.07, 6.45) is 0. The van der Waals surface area contributed by atoms with E-state index in [9.17, 15) is 4.79 Å². The lowest BCUT2D eigenvalue weighted by molar-refractivity contribution is 0.103. The highest BCUT2D eigenvalue weighted by molar-refractivity contribution is 6.09. The molecule has 6 aromatic carbocycles. The van der Waals surface area contributed by atoms with Crippen LogP contribution in [0.2, 0.25) is 0 Å². The van der Waals surface area contributed by atoms with Gasteiger partial charge in [-0.05, 0) is 81.9 Å². The fourth-order valence-electron chi connectivity index (χ4n) is 6.25. The van der Waals surface area contributed by atoms with Crippen LogP contribution in [-0.2, 0) is 5.41 Å². The zero-order valence-corrected chi connectivity index (χ0v) is 23.2. The molecule has 0 atom stereocenters. The minimum Gasteiger partial charge on any atom is -0.497 e. The van der Waals surface area contributed by atoms with Crippen LogP contribution in [0.25, 0.3) is 11.1 Å². The van der Waals surface area contributed by atoms with E-state index in [-0.39, 0.29) is 5.78 Å². The van der Waals surface area contributed by atoms with E-state index in [0.717, 1.165) is 5.56 Å². The normalized spacial score (nSPS) is 12.7.